The van der Waals surface area contributed by atoms with Crippen LogP contribution >= 0.6 is 0 Å². The number of methoxy groups -OCH3 is 1. The first-order valence-corrected chi connectivity index (χ1v) is 6.91. The minimum atomic E-state index is 0.628. The number of anilines is 1. The van der Waals surface area contributed by atoms with E-state index in [1.54, 1.807) is 7.11 Å². The zero-order valence-corrected chi connectivity index (χ0v) is 12.1. The summed E-state index contributed by atoms with van der Waals surface area (Å²) >= 11 is 0. The van der Waals surface area contributed by atoms with Gasteiger partial charge in [-0.25, -0.2) is 0 Å². The van der Waals surface area contributed by atoms with Crippen molar-refractivity contribution in [1.29, 1.82) is 0 Å². The third kappa shape index (κ3) is 4.19. The fourth-order valence-electron chi connectivity index (χ4n) is 1.94. The molecule has 0 radical (unpaired) electrons. The zero-order chi connectivity index (χ0) is 14.2. The van der Waals surface area contributed by atoms with Crippen molar-refractivity contribution in [3.63, 3.8) is 0 Å². The molecule has 0 amide bonds. The van der Waals surface area contributed by atoms with Crippen LogP contribution in [0.4, 0.5) is 5.69 Å². The number of rotatable bonds is 7. The first-order chi connectivity index (χ1) is 9.81. The van der Waals surface area contributed by atoms with Crippen LogP contribution in [-0.4, -0.2) is 20.3 Å². The maximum atomic E-state index is 5.67. The van der Waals surface area contributed by atoms with Gasteiger partial charge in [-0.15, -0.1) is 0 Å². The van der Waals surface area contributed by atoms with Gasteiger partial charge in [-0.3, -0.25) is 0 Å². The Balaban J connectivity index is 1.75. The van der Waals surface area contributed by atoms with Gasteiger partial charge in [-0.1, -0.05) is 19.1 Å². The molecule has 0 aromatic heterocycles. The highest BCUT2D eigenvalue weighted by molar-refractivity contribution is 5.45. The molecule has 20 heavy (non-hydrogen) atoms. The lowest BCUT2D eigenvalue weighted by Gasteiger charge is -2.10. The van der Waals surface area contributed by atoms with Gasteiger partial charge in [0, 0.05) is 12.2 Å². The van der Waals surface area contributed by atoms with Gasteiger partial charge in [-0.05, 0) is 48.4 Å². The van der Waals surface area contributed by atoms with Crippen LogP contribution < -0.4 is 14.8 Å². The van der Waals surface area contributed by atoms with Crippen LogP contribution in [0.25, 0.3) is 0 Å². The lowest BCUT2D eigenvalue weighted by atomic mass is 10.1. The molecular formula is C17H21NO2. The summed E-state index contributed by atoms with van der Waals surface area (Å²) in [5.41, 5.74) is 2.48. The molecule has 106 valence electrons. The summed E-state index contributed by atoms with van der Waals surface area (Å²) < 4.78 is 10.8. The lowest BCUT2D eigenvalue weighted by molar-refractivity contribution is 0.332. The number of hydrogen-bond acceptors (Lipinski definition) is 3. The fourth-order valence-corrected chi connectivity index (χ4v) is 1.94. The van der Waals surface area contributed by atoms with Crippen molar-refractivity contribution in [2.45, 2.75) is 13.3 Å². The van der Waals surface area contributed by atoms with Crippen molar-refractivity contribution in [2.24, 2.45) is 0 Å². The molecule has 0 aliphatic carbocycles. The molecule has 3 nitrogen and oxygen atoms in total. The van der Waals surface area contributed by atoms with Crippen LogP contribution in [0.1, 0.15) is 12.5 Å². The molecule has 2 rings (SSSR count). The standard InChI is InChI=1S/C17H21NO2/c1-3-14-5-4-6-15(13-14)18-11-12-20-17-9-7-16(19-2)8-10-17/h4-10,13,18H,3,11-12H2,1-2H3. The number of hydrogen-bond donors (Lipinski definition) is 1. The van der Waals surface area contributed by atoms with Crippen LogP contribution in [0.2, 0.25) is 0 Å². The fraction of sp³-hybridized carbons (Fsp3) is 0.294. The topological polar surface area (TPSA) is 30.5 Å². The molecule has 0 unspecified atom stereocenters. The van der Waals surface area contributed by atoms with E-state index in [4.69, 9.17) is 9.47 Å². The normalized spacial score (nSPS) is 10.1. The smallest absolute Gasteiger partial charge is 0.119 e. The maximum Gasteiger partial charge on any atom is 0.119 e. The van der Waals surface area contributed by atoms with E-state index in [1.165, 1.54) is 5.56 Å². The summed E-state index contributed by atoms with van der Waals surface area (Å²) in [7, 11) is 1.66. The summed E-state index contributed by atoms with van der Waals surface area (Å²) in [6.45, 7) is 3.56. The van der Waals surface area contributed by atoms with Crippen molar-refractivity contribution in [2.75, 3.05) is 25.6 Å². The van der Waals surface area contributed by atoms with Gasteiger partial charge >= 0.3 is 0 Å². The quantitative estimate of drug-likeness (QED) is 0.778. The first-order valence-electron chi connectivity index (χ1n) is 6.91. The van der Waals surface area contributed by atoms with Crippen molar-refractivity contribution in [3.05, 3.63) is 54.1 Å². The monoisotopic (exact) mass is 271 g/mol. The Labute approximate surface area is 120 Å². The molecule has 0 atom stereocenters. The van der Waals surface area contributed by atoms with Crippen molar-refractivity contribution in [3.8, 4) is 11.5 Å². The Morgan fingerprint density at radius 3 is 2.45 bits per heavy atom. The molecule has 0 spiro atoms. The molecule has 2 aromatic rings. The van der Waals surface area contributed by atoms with Gasteiger partial charge in [0.15, 0.2) is 0 Å². The second-order valence-corrected chi connectivity index (χ2v) is 4.50. The van der Waals surface area contributed by atoms with Gasteiger partial charge in [0.1, 0.15) is 18.1 Å². The van der Waals surface area contributed by atoms with Crippen LogP contribution in [0, 0.1) is 0 Å². The van der Waals surface area contributed by atoms with Gasteiger partial charge in [0.05, 0.1) is 7.11 Å². The van der Waals surface area contributed by atoms with E-state index in [0.717, 1.165) is 30.2 Å². The third-order valence-corrected chi connectivity index (χ3v) is 3.09. The Bertz CT molecular complexity index is 523. The summed E-state index contributed by atoms with van der Waals surface area (Å²) in [4.78, 5) is 0. The van der Waals surface area contributed by atoms with E-state index >= 15 is 0 Å². The zero-order valence-electron chi connectivity index (χ0n) is 12.1. The molecule has 2 aromatic carbocycles. The Kier molecular flexibility index (Phi) is 5.30. The molecule has 1 N–H and O–H groups in total. The van der Waals surface area contributed by atoms with Crippen molar-refractivity contribution >= 4 is 5.69 Å². The molecule has 0 saturated carbocycles. The van der Waals surface area contributed by atoms with Crippen LogP contribution in [0.15, 0.2) is 48.5 Å². The Morgan fingerprint density at radius 2 is 1.75 bits per heavy atom. The molecular weight excluding hydrogens is 250 g/mol. The predicted molar refractivity (Wildman–Crippen MR) is 82.8 cm³/mol. The van der Waals surface area contributed by atoms with Gasteiger partial charge in [-0.2, -0.15) is 0 Å². The predicted octanol–water partition coefficient (Wildman–Crippen LogP) is 3.75. The number of benzene rings is 2. The molecule has 3 heteroatoms. The SMILES string of the molecule is CCc1cccc(NCCOc2ccc(OC)cc2)c1. The minimum Gasteiger partial charge on any atom is -0.497 e. The van der Waals surface area contributed by atoms with E-state index in [1.807, 2.05) is 24.3 Å². The van der Waals surface area contributed by atoms with Crippen LogP contribution in [-0.2, 0) is 6.42 Å². The largest absolute Gasteiger partial charge is 0.497 e. The second-order valence-electron chi connectivity index (χ2n) is 4.50. The van der Waals surface area contributed by atoms with Crippen molar-refractivity contribution < 1.29 is 9.47 Å². The van der Waals surface area contributed by atoms with Crippen LogP contribution in [0.3, 0.4) is 0 Å². The van der Waals surface area contributed by atoms with E-state index in [0.29, 0.717) is 6.61 Å². The second kappa shape index (κ2) is 7.43. The van der Waals surface area contributed by atoms with E-state index in [-0.39, 0.29) is 0 Å². The van der Waals surface area contributed by atoms with Crippen molar-refractivity contribution in [1.82, 2.24) is 0 Å². The highest BCUT2D eigenvalue weighted by Gasteiger charge is 1.96. The summed E-state index contributed by atoms with van der Waals surface area (Å²) in [5, 5.41) is 3.36. The van der Waals surface area contributed by atoms with Gasteiger partial charge in [0.25, 0.3) is 0 Å². The number of nitrogens with one attached hydrogen (secondary N) is 1. The van der Waals surface area contributed by atoms with E-state index in [2.05, 4.69) is 36.5 Å². The number of ether oxygens (including phenoxy) is 2. The van der Waals surface area contributed by atoms with Crippen LogP contribution in [0.5, 0.6) is 11.5 Å². The molecule has 0 heterocycles. The molecule has 0 fully saturated rings. The average Bonchev–Trinajstić information content (AvgIpc) is 2.52. The molecule has 0 bridgehead atoms. The lowest BCUT2D eigenvalue weighted by Crippen LogP contribution is -2.11. The van der Waals surface area contributed by atoms with E-state index in [9.17, 15) is 0 Å². The average molecular weight is 271 g/mol. The first kappa shape index (κ1) is 14.3. The summed E-state index contributed by atoms with van der Waals surface area (Å²) in [5.74, 6) is 1.70. The maximum absolute atomic E-state index is 5.67. The third-order valence-electron chi connectivity index (χ3n) is 3.09. The summed E-state index contributed by atoms with van der Waals surface area (Å²) in [6.07, 6.45) is 1.05. The Morgan fingerprint density at radius 1 is 1.00 bits per heavy atom. The van der Waals surface area contributed by atoms with Gasteiger partial charge in [0.2, 0.25) is 0 Å². The number of aryl methyl sites for hydroxylation is 1. The minimum absolute atomic E-state index is 0.628. The highest BCUT2D eigenvalue weighted by Crippen LogP contribution is 2.17. The highest BCUT2D eigenvalue weighted by atomic mass is 16.5. The Hall–Kier alpha value is -2.16. The molecule has 0 saturated heterocycles. The van der Waals surface area contributed by atoms with Gasteiger partial charge < -0.3 is 14.8 Å². The molecule has 0 aliphatic rings. The molecule has 0 aliphatic heterocycles. The van der Waals surface area contributed by atoms with E-state index < -0.39 is 0 Å². The summed E-state index contributed by atoms with van der Waals surface area (Å²) in [6, 6.07) is 16.1.